The van der Waals surface area contributed by atoms with Gasteiger partial charge in [0.05, 0.1) is 21.8 Å². The lowest BCUT2D eigenvalue weighted by atomic mass is 10.0. The number of aromatic nitrogens is 2. The number of anilines is 2. The van der Waals surface area contributed by atoms with Gasteiger partial charge < -0.3 is 0 Å². The maximum atomic E-state index is 13.0. The van der Waals surface area contributed by atoms with Crippen LogP contribution in [0.2, 0.25) is 0 Å². The number of nitrogens with zero attached hydrogens (tertiary/aromatic N) is 1. The molecule has 9 nitrogen and oxygen atoms in total. The molecule has 0 atom stereocenters. The van der Waals surface area contributed by atoms with Crippen molar-refractivity contribution in [2.45, 2.75) is 31.6 Å². The van der Waals surface area contributed by atoms with Crippen LogP contribution in [0.4, 0.5) is 11.4 Å². The molecule has 34 heavy (non-hydrogen) atoms. The van der Waals surface area contributed by atoms with Crippen molar-refractivity contribution in [3.05, 3.63) is 71.8 Å². The summed E-state index contributed by atoms with van der Waals surface area (Å²) in [6.07, 6.45) is 1.38. The van der Waals surface area contributed by atoms with Gasteiger partial charge in [-0.15, -0.1) is 0 Å². The topological polar surface area (TPSA) is 147 Å². The molecule has 178 valence electrons. The van der Waals surface area contributed by atoms with Crippen LogP contribution in [0.25, 0.3) is 22.2 Å². The molecule has 0 aliphatic heterocycles. The first-order valence-corrected chi connectivity index (χ1v) is 13.7. The molecule has 5 N–H and O–H groups in total. The van der Waals surface area contributed by atoms with Crippen molar-refractivity contribution in [2.75, 3.05) is 9.44 Å². The number of nitrogens with two attached hydrogens (primary N) is 1. The highest BCUT2D eigenvalue weighted by Crippen LogP contribution is 2.30. The molecule has 0 saturated carbocycles. The molecule has 0 spiro atoms. The fourth-order valence-electron chi connectivity index (χ4n) is 3.81. The minimum Gasteiger partial charge on any atom is -0.277 e. The zero-order valence-electron chi connectivity index (χ0n) is 18.7. The molecule has 1 heterocycles. The van der Waals surface area contributed by atoms with E-state index < -0.39 is 20.2 Å². The summed E-state index contributed by atoms with van der Waals surface area (Å²) in [6.45, 7) is 3.94. The summed E-state index contributed by atoms with van der Waals surface area (Å²) >= 11 is 0. The average molecular weight is 500 g/mol. The number of primary sulfonamides is 1. The predicted octanol–water partition coefficient (Wildman–Crippen LogP) is 3.77. The van der Waals surface area contributed by atoms with Crippen LogP contribution in [0, 0.1) is 0 Å². The van der Waals surface area contributed by atoms with Gasteiger partial charge in [-0.2, -0.15) is 13.5 Å². The summed E-state index contributed by atoms with van der Waals surface area (Å²) in [5.41, 5.74) is 4.40. The van der Waals surface area contributed by atoms with Crippen molar-refractivity contribution in [3.8, 4) is 11.3 Å². The minimum absolute atomic E-state index is 0.0384. The average Bonchev–Trinajstić information content (AvgIpc) is 3.21. The second-order valence-corrected chi connectivity index (χ2v) is 10.7. The Bertz CT molecular complexity index is 1560. The number of aryl methyl sites for hydroxylation is 2. The van der Waals surface area contributed by atoms with Crippen molar-refractivity contribution in [1.29, 1.82) is 0 Å². The van der Waals surface area contributed by atoms with Crippen molar-refractivity contribution < 1.29 is 16.8 Å². The molecule has 0 bridgehead atoms. The van der Waals surface area contributed by atoms with Crippen molar-refractivity contribution >= 4 is 42.5 Å². The molecule has 0 aliphatic rings. The molecule has 0 saturated heterocycles. The molecule has 0 unspecified atom stereocenters. The van der Waals surface area contributed by atoms with Gasteiger partial charge in [-0.3, -0.25) is 14.5 Å². The molecule has 0 radical (unpaired) electrons. The molecule has 0 aliphatic carbocycles. The number of H-pyrrole nitrogens is 1. The van der Waals surface area contributed by atoms with Crippen LogP contribution in [-0.4, -0.2) is 27.0 Å². The Morgan fingerprint density at radius 3 is 2.21 bits per heavy atom. The highest BCUT2D eigenvalue weighted by atomic mass is 32.2. The van der Waals surface area contributed by atoms with Gasteiger partial charge in [0, 0.05) is 10.9 Å². The quantitative estimate of drug-likeness (QED) is 0.291. The molecule has 0 amide bonds. The van der Waals surface area contributed by atoms with E-state index >= 15 is 0 Å². The zero-order valence-corrected chi connectivity index (χ0v) is 20.3. The zero-order chi connectivity index (χ0) is 24.5. The lowest BCUT2D eigenvalue weighted by molar-refractivity contribution is 0.597. The molecule has 4 rings (SSSR count). The van der Waals surface area contributed by atoms with Gasteiger partial charge in [0.2, 0.25) is 10.0 Å². The standard InChI is InChI=1S/C23H25N5O4S2/c1-3-15-7-5-8-16(4-2)22(15)28-34(31,32)27-18-11-12-21-20(14-18)23(26-25-21)17-9-6-10-19(13-17)33(24,29)30/h5-14,27-28H,3-4H2,1-2H3,(H,25,26)(H2,24,29,30). The second kappa shape index (κ2) is 9.09. The number of nitrogens with one attached hydrogen (secondary N) is 3. The fourth-order valence-corrected chi connectivity index (χ4v) is 5.39. The lowest BCUT2D eigenvalue weighted by Crippen LogP contribution is -2.23. The Kier molecular flexibility index (Phi) is 6.34. The number of hydrogen-bond acceptors (Lipinski definition) is 5. The third-order valence-corrected chi connectivity index (χ3v) is 7.37. The van der Waals surface area contributed by atoms with Crippen molar-refractivity contribution in [2.24, 2.45) is 5.14 Å². The van der Waals surface area contributed by atoms with Crippen LogP contribution >= 0.6 is 0 Å². The monoisotopic (exact) mass is 499 g/mol. The van der Waals surface area contributed by atoms with E-state index in [1.165, 1.54) is 12.1 Å². The Labute approximate surface area is 198 Å². The van der Waals surface area contributed by atoms with Crippen LogP contribution in [-0.2, 0) is 33.1 Å². The van der Waals surface area contributed by atoms with Gasteiger partial charge in [0.1, 0.15) is 5.69 Å². The maximum absolute atomic E-state index is 13.0. The van der Waals surface area contributed by atoms with Crippen LogP contribution in [0.15, 0.2) is 65.6 Å². The summed E-state index contributed by atoms with van der Waals surface area (Å²) in [7, 11) is -7.82. The number of para-hydroxylation sites is 1. The molecule has 11 heteroatoms. The summed E-state index contributed by atoms with van der Waals surface area (Å²) < 4.78 is 54.6. The first-order valence-electron chi connectivity index (χ1n) is 10.6. The van der Waals surface area contributed by atoms with E-state index in [1.807, 2.05) is 32.0 Å². The first-order chi connectivity index (χ1) is 16.1. The number of aromatic amines is 1. The van der Waals surface area contributed by atoms with Crippen LogP contribution in [0.3, 0.4) is 0 Å². The summed E-state index contributed by atoms with van der Waals surface area (Å²) in [4.78, 5) is -0.0384. The van der Waals surface area contributed by atoms with Gasteiger partial charge >= 0.3 is 10.2 Å². The van der Waals surface area contributed by atoms with Gasteiger partial charge in [-0.05, 0) is 54.3 Å². The minimum atomic E-state index is -3.93. The fraction of sp³-hybridized carbons (Fsp3) is 0.174. The maximum Gasteiger partial charge on any atom is 0.321 e. The van der Waals surface area contributed by atoms with E-state index in [0.717, 1.165) is 11.1 Å². The number of rotatable bonds is 8. The van der Waals surface area contributed by atoms with Gasteiger partial charge in [-0.25, -0.2) is 13.6 Å². The molecule has 3 aromatic carbocycles. The van der Waals surface area contributed by atoms with E-state index in [1.54, 1.807) is 30.3 Å². The Morgan fingerprint density at radius 2 is 1.56 bits per heavy atom. The van der Waals surface area contributed by atoms with E-state index in [9.17, 15) is 16.8 Å². The summed E-state index contributed by atoms with van der Waals surface area (Å²) in [6, 6.07) is 16.8. The van der Waals surface area contributed by atoms with Crippen LogP contribution in [0.1, 0.15) is 25.0 Å². The molecule has 4 aromatic rings. The first kappa shape index (κ1) is 23.7. The van der Waals surface area contributed by atoms with Gasteiger partial charge in [0.15, 0.2) is 0 Å². The number of sulfonamides is 1. The largest absolute Gasteiger partial charge is 0.321 e. The number of benzene rings is 3. The Hall–Kier alpha value is -3.41. The molecule has 1 aromatic heterocycles. The smallest absolute Gasteiger partial charge is 0.277 e. The van der Waals surface area contributed by atoms with Crippen LogP contribution < -0.4 is 14.6 Å². The second-order valence-electron chi connectivity index (χ2n) is 7.77. The number of fused-ring (bicyclic) bond motifs is 1. The molecular formula is C23H25N5O4S2. The van der Waals surface area contributed by atoms with E-state index in [2.05, 4.69) is 19.6 Å². The van der Waals surface area contributed by atoms with Crippen molar-refractivity contribution in [3.63, 3.8) is 0 Å². The van der Waals surface area contributed by atoms with E-state index in [-0.39, 0.29) is 4.90 Å². The normalized spacial score (nSPS) is 12.1. The summed E-state index contributed by atoms with van der Waals surface area (Å²) in [5, 5.41) is 13.0. The van der Waals surface area contributed by atoms with E-state index in [0.29, 0.717) is 46.4 Å². The van der Waals surface area contributed by atoms with E-state index in [4.69, 9.17) is 5.14 Å². The summed E-state index contributed by atoms with van der Waals surface area (Å²) in [5.74, 6) is 0. The molecule has 0 fully saturated rings. The van der Waals surface area contributed by atoms with Gasteiger partial charge in [0.25, 0.3) is 0 Å². The third-order valence-electron chi connectivity index (χ3n) is 5.49. The van der Waals surface area contributed by atoms with Crippen LogP contribution in [0.5, 0.6) is 0 Å². The Morgan fingerprint density at radius 1 is 0.882 bits per heavy atom. The predicted molar refractivity (Wildman–Crippen MR) is 134 cm³/mol. The van der Waals surface area contributed by atoms with Gasteiger partial charge in [-0.1, -0.05) is 44.2 Å². The Balaban J connectivity index is 1.68. The third kappa shape index (κ3) is 4.91. The SMILES string of the molecule is CCc1cccc(CC)c1NS(=O)(=O)Nc1ccc2[nH]nc(-c3cccc(S(N)(=O)=O)c3)c2c1. The highest BCUT2D eigenvalue weighted by molar-refractivity contribution is 7.94. The molecular weight excluding hydrogens is 474 g/mol. The van der Waals surface area contributed by atoms with Crippen molar-refractivity contribution in [1.82, 2.24) is 10.2 Å². The number of hydrogen-bond donors (Lipinski definition) is 4. The lowest BCUT2D eigenvalue weighted by Gasteiger charge is -2.16. The highest BCUT2D eigenvalue weighted by Gasteiger charge is 2.17.